The zero-order valence-corrected chi connectivity index (χ0v) is 12.7. The minimum absolute atomic E-state index is 0.150. The molecule has 3 aromatic heterocycles. The van der Waals surface area contributed by atoms with Crippen LogP contribution in [0.4, 0.5) is 0 Å². The van der Waals surface area contributed by atoms with E-state index in [0.29, 0.717) is 10.9 Å². The number of nitrogens with one attached hydrogen (secondary N) is 1. The maximum absolute atomic E-state index is 12.3. The van der Waals surface area contributed by atoms with E-state index in [1.807, 2.05) is 10.8 Å². The van der Waals surface area contributed by atoms with Crippen LogP contribution in [0.3, 0.4) is 0 Å². The Morgan fingerprint density at radius 3 is 3.05 bits per heavy atom. The number of halogens is 1. The SMILES string of the molecule is COc1ncnc(CS(=O)c2nc3cscc3[nH]2)c1Cl. The highest BCUT2D eigenvalue weighted by Gasteiger charge is 2.16. The number of hydrogen-bond donors (Lipinski definition) is 1. The molecule has 3 rings (SSSR count). The Balaban J connectivity index is 1.87. The molecule has 1 atom stereocenters. The Morgan fingerprint density at radius 2 is 2.30 bits per heavy atom. The Hall–Kier alpha value is -1.51. The highest BCUT2D eigenvalue weighted by atomic mass is 35.5. The first kappa shape index (κ1) is 13.5. The van der Waals surface area contributed by atoms with E-state index in [1.54, 1.807) is 11.3 Å². The molecule has 0 aliphatic rings. The van der Waals surface area contributed by atoms with Crippen molar-refractivity contribution in [1.29, 1.82) is 0 Å². The van der Waals surface area contributed by atoms with Crippen LogP contribution < -0.4 is 4.74 Å². The lowest BCUT2D eigenvalue weighted by atomic mass is 10.4. The summed E-state index contributed by atoms with van der Waals surface area (Å²) in [5.74, 6) is 0.422. The number of hydrogen-bond acceptors (Lipinski definition) is 6. The number of ether oxygens (including phenoxy) is 1. The molecule has 0 radical (unpaired) electrons. The molecule has 0 saturated heterocycles. The first-order valence-corrected chi connectivity index (χ1v) is 8.16. The predicted molar refractivity (Wildman–Crippen MR) is 77.7 cm³/mol. The molecule has 0 bridgehead atoms. The third-order valence-corrected chi connectivity index (χ3v) is 4.88. The van der Waals surface area contributed by atoms with Crippen molar-refractivity contribution in [3.05, 3.63) is 27.8 Å². The molecule has 0 amide bonds. The molecule has 1 unspecified atom stereocenters. The van der Waals surface area contributed by atoms with Crippen LogP contribution in [0.5, 0.6) is 5.88 Å². The average molecular weight is 329 g/mol. The van der Waals surface area contributed by atoms with E-state index in [2.05, 4.69) is 19.9 Å². The second-order valence-electron chi connectivity index (χ2n) is 3.85. The second kappa shape index (κ2) is 5.47. The van der Waals surface area contributed by atoms with Gasteiger partial charge < -0.3 is 9.72 Å². The normalized spacial score (nSPS) is 12.7. The van der Waals surface area contributed by atoms with E-state index in [-0.39, 0.29) is 16.7 Å². The fraction of sp³-hybridized carbons (Fsp3) is 0.182. The van der Waals surface area contributed by atoms with Gasteiger partial charge in [-0.15, -0.1) is 11.3 Å². The van der Waals surface area contributed by atoms with E-state index >= 15 is 0 Å². The Labute approximate surface area is 125 Å². The van der Waals surface area contributed by atoms with Gasteiger partial charge in [0.25, 0.3) is 0 Å². The quantitative estimate of drug-likeness (QED) is 0.795. The summed E-state index contributed by atoms with van der Waals surface area (Å²) in [7, 11) is 0.109. The van der Waals surface area contributed by atoms with Gasteiger partial charge in [0.05, 0.1) is 34.9 Å². The third kappa shape index (κ3) is 2.41. The van der Waals surface area contributed by atoms with E-state index in [0.717, 1.165) is 11.0 Å². The first-order chi connectivity index (χ1) is 9.69. The highest BCUT2D eigenvalue weighted by Crippen LogP contribution is 2.26. The van der Waals surface area contributed by atoms with Crippen molar-refractivity contribution in [2.45, 2.75) is 10.9 Å². The van der Waals surface area contributed by atoms with Crippen molar-refractivity contribution in [2.24, 2.45) is 0 Å². The molecule has 104 valence electrons. The summed E-state index contributed by atoms with van der Waals surface area (Å²) >= 11 is 7.63. The summed E-state index contributed by atoms with van der Waals surface area (Å²) in [6, 6.07) is 0. The van der Waals surface area contributed by atoms with Crippen LogP contribution in [-0.4, -0.2) is 31.3 Å². The summed E-state index contributed by atoms with van der Waals surface area (Å²) in [4.78, 5) is 15.2. The first-order valence-electron chi connectivity index (χ1n) is 5.52. The minimum Gasteiger partial charge on any atom is -0.480 e. The molecule has 20 heavy (non-hydrogen) atoms. The van der Waals surface area contributed by atoms with Crippen LogP contribution in [0.1, 0.15) is 5.69 Å². The van der Waals surface area contributed by atoms with E-state index in [9.17, 15) is 4.21 Å². The lowest BCUT2D eigenvalue weighted by Gasteiger charge is -2.05. The van der Waals surface area contributed by atoms with E-state index in [4.69, 9.17) is 16.3 Å². The lowest BCUT2D eigenvalue weighted by Crippen LogP contribution is -2.03. The lowest BCUT2D eigenvalue weighted by molar-refractivity contribution is 0.396. The molecule has 6 nitrogen and oxygen atoms in total. The fourth-order valence-electron chi connectivity index (χ4n) is 1.65. The number of imidazole rings is 1. The fourth-order valence-corrected chi connectivity index (χ4v) is 3.70. The van der Waals surface area contributed by atoms with E-state index in [1.165, 1.54) is 13.4 Å². The largest absolute Gasteiger partial charge is 0.480 e. The van der Waals surface area contributed by atoms with Crippen LogP contribution in [0.2, 0.25) is 5.02 Å². The Morgan fingerprint density at radius 1 is 1.45 bits per heavy atom. The number of aromatic amines is 1. The van der Waals surface area contributed by atoms with Gasteiger partial charge in [-0.25, -0.2) is 15.0 Å². The summed E-state index contributed by atoms with van der Waals surface area (Å²) < 4.78 is 17.3. The summed E-state index contributed by atoms with van der Waals surface area (Å²) in [6.45, 7) is 0. The van der Waals surface area contributed by atoms with Crippen LogP contribution >= 0.6 is 22.9 Å². The molecule has 0 fully saturated rings. The molecular formula is C11H9ClN4O2S2. The van der Waals surface area contributed by atoms with Crippen LogP contribution in [0.15, 0.2) is 22.2 Å². The molecule has 9 heteroatoms. The van der Waals surface area contributed by atoms with Gasteiger partial charge in [-0.2, -0.15) is 0 Å². The number of nitrogens with zero attached hydrogens (tertiary/aromatic N) is 3. The molecule has 1 N–H and O–H groups in total. The maximum atomic E-state index is 12.3. The summed E-state index contributed by atoms with van der Waals surface area (Å²) in [5, 5.41) is 4.50. The zero-order valence-electron chi connectivity index (χ0n) is 10.3. The summed E-state index contributed by atoms with van der Waals surface area (Å²) in [5.41, 5.74) is 2.16. The smallest absolute Gasteiger partial charge is 0.235 e. The van der Waals surface area contributed by atoms with Gasteiger partial charge in [0.15, 0.2) is 5.16 Å². The predicted octanol–water partition coefficient (Wildman–Crippen LogP) is 2.38. The van der Waals surface area contributed by atoms with Crippen LogP contribution in [0.25, 0.3) is 11.0 Å². The number of H-pyrrole nitrogens is 1. The average Bonchev–Trinajstić information content (AvgIpc) is 3.02. The highest BCUT2D eigenvalue weighted by molar-refractivity contribution is 7.84. The molecule has 0 aliphatic heterocycles. The maximum Gasteiger partial charge on any atom is 0.235 e. The third-order valence-electron chi connectivity index (χ3n) is 2.61. The van der Waals surface area contributed by atoms with Crippen molar-refractivity contribution >= 4 is 44.8 Å². The topological polar surface area (TPSA) is 80.8 Å². The number of rotatable bonds is 4. The standard InChI is InChI=1S/C11H9ClN4O2S2/c1-18-10-9(12)8(13-5-14-10)4-20(17)11-15-6-2-19-3-7(6)16-11/h2-3,5H,4H2,1H3,(H,15,16). The molecule has 0 aliphatic carbocycles. The number of aromatic nitrogens is 4. The zero-order chi connectivity index (χ0) is 14.1. The summed E-state index contributed by atoms with van der Waals surface area (Å²) in [6.07, 6.45) is 1.33. The number of thiophene rings is 1. The van der Waals surface area contributed by atoms with Gasteiger partial charge in [-0.05, 0) is 0 Å². The second-order valence-corrected chi connectivity index (χ2v) is 6.33. The van der Waals surface area contributed by atoms with Crippen molar-refractivity contribution in [3.63, 3.8) is 0 Å². The van der Waals surface area contributed by atoms with Gasteiger partial charge in [-0.3, -0.25) is 4.21 Å². The van der Waals surface area contributed by atoms with Gasteiger partial charge in [0.2, 0.25) is 5.88 Å². The Kier molecular flexibility index (Phi) is 3.68. The van der Waals surface area contributed by atoms with Crippen molar-refractivity contribution in [2.75, 3.05) is 7.11 Å². The number of methoxy groups -OCH3 is 1. The molecule has 0 spiro atoms. The molecule has 3 aromatic rings. The van der Waals surface area contributed by atoms with Crippen LogP contribution in [-0.2, 0) is 16.6 Å². The number of fused-ring (bicyclic) bond motifs is 1. The monoisotopic (exact) mass is 328 g/mol. The van der Waals surface area contributed by atoms with Crippen molar-refractivity contribution in [3.8, 4) is 5.88 Å². The molecule has 3 heterocycles. The molecular weight excluding hydrogens is 320 g/mol. The van der Waals surface area contributed by atoms with Gasteiger partial charge in [0.1, 0.15) is 16.9 Å². The molecule has 0 saturated carbocycles. The van der Waals surface area contributed by atoms with E-state index < -0.39 is 10.8 Å². The molecule has 0 aromatic carbocycles. The van der Waals surface area contributed by atoms with Crippen molar-refractivity contribution < 1.29 is 8.95 Å². The minimum atomic E-state index is -1.36. The van der Waals surface area contributed by atoms with Crippen LogP contribution in [0, 0.1) is 0 Å². The van der Waals surface area contributed by atoms with Crippen molar-refractivity contribution in [1.82, 2.24) is 19.9 Å². The van der Waals surface area contributed by atoms with Gasteiger partial charge in [-0.1, -0.05) is 11.6 Å². The van der Waals surface area contributed by atoms with Gasteiger partial charge in [0, 0.05) is 10.8 Å². The Bertz CT molecular complexity index is 757. The van der Waals surface area contributed by atoms with Gasteiger partial charge >= 0.3 is 0 Å².